The van der Waals surface area contributed by atoms with Crippen molar-refractivity contribution in [2.45, 2.75) is 24.9 Å². The lowest BCUT2D eigenvalue weighted by atomic mass is 10.2. The van der Waals surface area contributed by atoms with Gasteiger partial charge in [-0.1, -0.05) is 60.7 Å². The molecule has 0 spiro atoms. The van der Waals surface area contributed by atoms with Gasteiger partial charge >= 0.3 is 0 Å². The van der Waals surface area contributed by atoms with Crippen molar-refractivity contribution in [3.05, 3.63) is 67.0 Å². The van der Waals surface area contributed by atoms with E-state index in [0.717, 1.165) is 11.5 Å². The molecule has 32 heavy (non-hydrogen) atoms. The maximum absolute atomic E-state index is 10.8. The van der Waals surface area contributed by atoms with E-state index in [4.69, 9.17) is 14.9 Å². The third-order valence-corrected chi connectivity index (χ3v) is 9.10. The summed E-state index contributed by atoms with van der Waals surface area (Å²) in [5.41, 5.74) is 6.82. The minimum Gasteiger partial charge on any atom is -0.408 e. The van der Waals surface area contributed by atoms with Crippen LogP contribution in [0.4, 0.5) is 17.3 Å². The van der Waals surface area contributed by atoms with Gasteiger partial charge < -0.3 is 24.9 Å². The molecule has 3 N–H and O–H groups in total. The number of hydrogen-bond donors (Lipinski definition) is 2. The van der Waals surface area contributed by atoms with E-state index in [0.29, 0.717) is 25.5 Å². The Morgan fingerprint density at radius 3 is 2.41 bits per heavy atom. The Labute approximate surface area is 202 Å². The summed E-state index contributed by atoms with van der Waals surface area (Å²) in [6, 6.07) is 20.6. The highest BCUT2D eigenvalue weighted by Gasteiger charge is 2.42. The van der Waals surface area contributed by atoms with Gasteiger partial charge in [0.2, 0.25) is 9.04 Å². The summed E-state index contributed by atoms with van der Waals surface area (Å²) in [5, 5.41) is 13.1. The Morgan fingerprint density at radius 2 is 1.75 bits per heavy atom. The zero-order valence-electron chi connectivity index (χ0n) is 17.3. The monoisotopic (exact) mass is 561 g/mol. The van der Waals surface area contributed by atoms with Gasteiger partial charge in [0.05, 0.1) is 35.6 Å². The van der Waals surface area contributed by atoms with Crippen molar-refractivity contribution in [2.24, 2.45) is 0 Å². The minimum atomic E-state index is -1.90. The van der Waals surface area contributed by atoms with Crippen LogP contribution in [0.3, 0.4) is 0 Å². The number of anilines is 3. The number of nitrogens with zero attached hydrogens (tertiary/aromatic N) is 4. The van der Waals surface area contributed by atoms with Crippen LogP contribution in [-0.2, 0) is 9.16 Å². The summed E-state index contributed by atoms with van der Waals surface area (Å²) in [5.74, 6) is 1.16. The van der Waals surface area contributed by atoms with Crippen LogP contribution in [0.15, 0.2) is 67.0 Å². The first-order chi connectivity index (χ1) is 15.6. The van der Waals surface area contributed by atoms with Crippen LogP contribution in [0.2, 0.25) is 0 Å². The first-order valence-corrected chi connectivity index (χ1v) is 13.1. The molecule has 3 aromatic rings. The van der Waals surface area contributed by atoms with Gasteiger partial charge in [0, 0.05) is 6.42 Å². The molecule has 5 rings (SSSR count). The van der Waals surface area contributed by atoms with Gasteiger partial charge in [-0.2, -0.15) is 0 Å². The van der Waals surface area contributed by atoms with Crippen molar-refractivity contribution in [3.63, 3.8) is 0 Å². The van der Waals surface area contributed by atoms with Crippen molar-refractivity contribution in [1.82, 2.24) is 9.97 Å². The zero-order valence-corrected chi connectivity index (χ0v) is 20.6. The third kappa shape index (κ3) is 4.20. The molecule has 0 saturated carbocycles. The molecule has 166 valence electrons. The van der Waals surface area contributed by atoms with Crippen molar-refractivity contribution in [2.75, 3.05) is 27.0 Å². The average molecular weight is 561 g/mol. The summed E-state index contributed by atoms with van der Waals surface area (Å²) >= 11 is 2.19. The fourth-order valence-electron chi connectivity index (χ4n) is 4.21. The van der Waals surface area contributed by atoms with Crippen molar-refractivity contribution in [1.29, 1.82) is 0 Å². The van der Waals surface area contributed by atoms with Crippen LogP contribution >= 0.6 is 22.9 Å². The van der Waals surface area contributed by atoms with E-state index in [9.17, 15) is 5.11 Å². The number of aromatic nitrogens is 2. The lowest BCUT2D eigenvalue weighted by Crippen LogP contribution is -2.47. The van der Waals surface area contributed by atoms with E-state index in [-0.39, 0.29) is 6.23 Å². The molecule has 1 saturated heterocycles. The maximum atomic E-state index is 10.8. The summed E-state index contributed by atoms with van der Waals surface area (Å²) < 4.78 is 14.7. The number of fused-ring (bicyclic) bond motifs is 1. The van der Waals surface area contributed by atoms with Gasteiger partial charge in [0.15, 0.2) is 11.6 Å². The smallest absolute Gasteiger partial charge is 0.239 e. The molecule has 2 aliphatic rings. The topological polar surface area (TPSA) is 97.0 Å². The Hall–Kier alpha value is -2.25. The molecule has 0 bridgehead atoms. The lowest BCUT2D eigenvalue weighted by Gasteiger charge is -2.25. The fourth-order valence-corrected chi connectivity index (χ4v) is 7.30. The second kappa shape index (κ2) is 9.31. The van der Waals surface area contributed by atoms with Crippen LogP contribution < -0.4 is 24.1 Å². The van der Waals surface area contributed by atoms with Crippen LogP contribution in [-0.4, -0.2) is 55.8 Å². The highest BCUT2D eigenvalue weighted by atomic mass is 127. The normalized spacial score (nSPS) is 22.5. The van der Waals surface area contributed by atoms with Crippen LogP contribution in [0, 0.1) is 0 Å². The summed E-state index contributed by atoms with van der Waals surface area (Å²) in [4.78, 5) is 10.5. The molecule has 1 aromatic heterocycles. The van der Waals surface area contributed by atoms with Gasteiger partial charge in [-0.15, -0.1) is 0 Å². The van der Waals surface area contributed by atoms with E-state index in [1.165, 1.54) is 16.7 Å². The molecular formula is C22H24IN5O3Si. The largest absolute Gasteiger partial charge is 0.408 e. The maximum Gasteiger partial charge on any atom is 0.239 e. The first kappa shape index (κ1) is 21.6. The number of nitrogen functional groups attached to an aromatic ring is 1. The van der Waals surface area contributed by atoms with Gasteiger partial charge in [-0.25, -0.2) is 9.97 Å². The van der Waals surface area contributed by atoms with Crippen molar-refractivity contribution in [3.8, 4) is 0 Å². The first-order valence-electron chi connectivity index (χ1n) is 10.5. The van der Waals surface area contributed by atoms with Crippen molar-refractivity contribution < 1.29 is 14.3 Å². The second-order valence-electron chi connectivity index (χ2n) is 7.87. The standard InChI is InChI=1S/C22H24IN5O3Si/c23-28-14-27(22-20(28)21(24)25-13-26-22)19-11-17(29)18(31-19)12-30-32(15-7-3-1-4-8-15)16-9-5-2-6-10-16/h1-10,13,17-19,29,32H,11-12,14H2,(H2,24,25,26)/t17?,18-,19-/m1/s1. The van der Waals surface area contributed by atoms with Crippen LogP contribution in [0.25, 0.3) is 0 Å². The molecule has 3 atom stereocenters. The zero-order chi connectivity index (χ0) is 22.1. The molecule has 8 nitrogen and oxygen atoms in total. The molecule has 3 heterocycles. The Kier molecular flexibility index (Phi) is 6.28. The molecule has 1 fully saturated rings. The second-order valence-corrected chi connectivity index (χ2v) is 11.5. The summed E-state index contributed by atoms with van der Waals surface area (Å²) in [7, 11) is -1.90. The number of hydrogen-bond acceptors (Lipinski definition) is 8. The molecular weight excluding hydrogens is 537 g/mol. The van der Waals surface area contributed by atoms with Gasteiger partial charge in [0.1, 0.15) is 31.0 Å². The highest BCUT2D eigenvalue weighted by molar-refractivity contribution is 14.1. The number of ether oxygens (including phenoxy) is 1. The molecule has 2 aliphatic heterocycles. The number of nitrogens with two attached hydrogens (primary N) is 1. The van der Waals surface area contributed by atoms with E-state index in [2.05, 4.69) is 57.1 Å². The molecule has 10 heteroatoms. The van der Waals surface area contributed by atoms with Crippen LogP contribution in [0.1, 0.15) is 6.42 Å². The molecule has 2 aromatic carbocycles. The summed E-state index contributed by atoms with van der Waals surface area (Å²) in [6.45, 7) is 0.897. The molecule has 0 amide bonds. The SMILES string of the molecule is Nc1ncnc2c1N(I)CN2[C@H]1CC(O)[C@@H](CO[SiH](c2ccccc2)c2ccccc2)O1. The van der Waals surface area contributed by atoms with E-state index < -0.39 is 21.2 Å². The van der Waals surface area contributed by atoms with Gasteiger partial charge in [-0.05, 0) is 10.4 Å². The average Bonchev–Trinajstić information content (AvgIpc) is 3.36. The predicted octanol–water partition coefficient (Wildman–Crippen LogP) is 1.02. The molecule has 0 aliphatic carbocycles. The third-order valence-electron chi connectivity index (χ3n) is 5.81. The number of halogens is 1. The number of aliphatic hydroxyl groups is 1. The van der Waals surface area contributed by atoms with Crippen molar-refractivity contribution >= 4 is 59.6 Å². The Morgan fingerprint density at radius 1 is 1.09 bits per heavy atom. The van der Waals surface area contributed by atoms with Gasteiger partial charge in [0.25, 0.3) is 0 Å². The summed E-state index contributed by atoms with van der Waals surface area (Å²) in [6.07, 6.45) is 0.601. The Balaban J connectivity index is 1.30. The fraction of sp³-hybridized carbons (Fsp3) is 0.273. The minimum absolute atomic E-state index is 0.306. The van der Waals surface area contributed by atoms with E-state index >= 15 is 0 Å². The Bertz CT molecular complexity index is 1020. The van der Waals surface area contributed by atoms with E-state index in [1.807, 2.05) is 44.4 Å². The lowest BCUT2D eigenvalue weighted by molar-refractivity contribution is -0.0159. The van der Waals surface area contributed by atoms with Crippen LogP contribution in [0.5, 0.6) is 0 Å². The highest BCUT2D eigenvalue weighted by Crippen LogP contribution is 2.42. The molecule has 0 radical (unpaired) electrons. The van der Waals surface area contributed by atoms with E-state index in [1.54, 1.807) is 0 Å². The number of rotatable bonds is 6. The quantitative estimate of drug-likeness (QED) is 0.262. The predicted molar refractivity (Wildman–Crippen MR) is 135 cm³/mol. The number of aliphatic hydroxyl groups excluding tert-OH is 1. The molecule has 1 unspecified atom stereocenters. The number of benzene rings is 2. The van der Waals surface area contributed by atoms with Gasteiger partial charge in [-0.3, -0.25) is 3.11 Å².